The number of nitrogens with zero attached hydrogens (tertiary/aromatic N) is 1. The van der Waals surface area contributed by atoms with Gasteiger partial charge in [0.05, 0.1) is 16.8 Å². The van der Waals surface area contributed by atoms with Crippen LogP contribution in [-0.4, -0.2) is 23.0 Å². The van der Waals surface area contributed by atoms with Crippen molar-refractivity contribution in [3.8, 4) is 0 Å². The molecule has 3 rings (SSSR count). The number of anilines is 3. The predicted octanol–water partition coefficient (Wildman–Crippen LogP) is 4.66. The molecule has 0 aliphatic rings. The van der Waals surface area contributed by atoms with Crippen molar-refractivity contribution in [3.63, 3.8) is 0 Å². The number of carboxylic acids is 1. The van der Waals surface area contributed by atoms with E-state index in [9.17, 15) is 18.8 Å². The Bertz CT molecular complexity index is 1110. The van der Waals surface area contributed by atoms with Gasteiger partial charge in [-0.2, -0.15) is 0 Å². The molecular weight excluding hydrogens is 409 g/mol. The van der Waals surface area contributed by atoms with Gasteiger partial charge in [-0.15, -0.1) is 0 Å². The van der Waals surface area contributed by atoms with Gasteiger partial charge in [0.15, 0.2) is 0 Å². The largest absolute Gasteiger partial charge is 0.478 e. The molecule has 0 aliphatic heterocycles. The van der Waals surface area contributed by atoms with Crippen molar-refractivity contribution in [3.05, 3.63) is 89.7 Å². The maximum Gasteiger partial charge on any atom is 0.336 e. The lowest BCUT2D eigenvalue weighted by Crippen LogP contribution is -2.26. The number of nitrogens with one attached hydrogen (secondary N) is 2. The van der Waals surface area contributed by atoms with E-state index in [1.54, 1.807) is 36.4 Å². The van der Waals surface area contributed by atoms with E-state index in [0.717, 1.165) is 4.31 Å². The number of hydrogen-bond acceptors (Lipinski definition) is 4. The number of halogens is 1. The van der Waals surface area contributed by atoms with Crippen LogP contribution in [0.1, 0.15) is 20.7 Å². The fraction of sp³-hybridized carbons (Fsp3) is 0. The molecule has 3 aromatic carbocycles. The van der Waals surface area contributed by atoms with Gasteiger partial charge in [0.2, 0.25) is 0 Å². The lowest BCUT2D eigenvalue weighted by molar-refractivity contribution is 0.0696. The van der Waals surface area contributed by atoms with Crippen molar-refractivity contribution in [2.75, 3.05) is 14.9 Å². The van der Waals surface area contributed by atoms with Crippen LogP contribution in [0.25, 0.3) is 0 Å². The smallest absolute Gasteiger partial charge is 0.336 e. The molecule has 152 valence electrons. The maximum atomic E-state index is 13.7. The molecule has 0 radical (unpaired) electrons. The Labute approximate surface area is 176 Å². The van der Waals surface area contributed by atoms with Gasteiger partial charge in [0.25, 0.3) is 5.91 Å². The minimum Gasteiger partial charge on any atom is -0.478 e. The summed E-state index contributed by atoms with van der Waals surface area (Å²) < 4.78 is 14.7. The van der Waals surface area contributed by atoms with Crippen LogP contribution in [-0.2, 0) is 0 Å². The Kier molecular flexibility index (Phi) is 6.33. The van der Waals surface area contributed by atoms with Gasteiger partial charge in [-0.1, -0.05) is 31.0 Å². The van der Waals surface area contributed by atoms with E-state index in [1.807, 2.05) is 0 Å². The number of thiol groups is 1. The molecule has 3 N–H and O–H groups in total. The third-order valence-corrected chi connectivity index (χ3v) is 4.46. The van der Waals surface area contributed by atoms with E-state index >= 15 is 0 Å². The van der Waals surface area contributed by atoms with Gasteiger partial charge < -0.3 is 15.7 Å². The topological polar surface area (TPSA) is 98.7 Å². The number of aromatic carboxylic acids is 1. The summed E-state index contributed by atoms with van der Waals surface area (Å²) in [6, 6.07) is 17.0. The van der Waals surface area contributed by atoms with Crippen LogP contribution in [0, 0.1) is 5.82 Å². The van der Waals surface area contributed by atoms with E-state index < -0.39 is 23.7 Å². The fourth-order valence-corrected chi connectivity index (χ4v) is 2.72. The highest BCUT2D eigenvalue weighted by atomic mass is 32.1. The molecule has 0 saturated heterocycles. The summed E-state index contributed by atoms with van der Waals surface area (Å²) in [4.78, 5) is 35.6. The number of carbonyl (C=O) groups is 3. The summed E-state index contributed by atoms with van der Waals surface area (Å²) in [5.74, 6) is -2.34. The monoisotopic (exact) mass is 425 g/mol. The summed E-state index contributed by atoms with van der Waals surface area (Å²) in [7, 11) is 0. The molecule has 3 amide bonds. The molecule has 0 aromatic heterocycles. The molecule has 0 fully saturated rings. The second-order valence-corrected chi connectivity index (χ2v) is 6.51. The van der Waals surface area contributed by atoms with Gasteiger partial charge in [-0.05, 0) is 54.6 Å². The summed E-state index contributed by atoms with van der Waals surface area (Å²) in [6.07, 6.45) is 0. The summed E-state index contributed by atoms with van der Waals surface area (Å²) in [5.41, 5.74) is 1.05. The van der Waals surface area contributed by atoms with Crippen LogP contribution in [0.15, 0.2) is 72.8 Å². The number of carboxylic acid groups (broad SMARTS) is 1. The van der Waals surface area contributed by atoms with Gasteiger partial charge in [0.1, 0.15) is 5.82 Å². The van der Waals surface area contributed by atoms with Crippen LogP contribution in [0.3, 0.4) is 0 Å². The van der Waals surface area contributed by atoms with Crippen LogP contribution in [0.5, 0.6) is 0 Å². The van der Waals surface area contributed by atoms with Crippen molar-refractivity contribution < 1.29 is 23.9 Å². The quantitative estimate of drug-likeness (QED) is 0.447. The number of urea groups is 1. The molecule has 30 heavy (non-hydrogen) atoms. The third kappa shape index (κ3) is 4.95. The fourth-order valence-electron chi connectivity index (χ4n) is 2.55. The lowest BCUT2D eigenvalue weighted by Gasteiger charge is -2.17. The van der Waals surface area contributed by atoms with Crippen LogP contribution >= 0.6 is 12.8 Å². The van der Waals surface area contributed by atoms with Gasteiger partial charge in [-0.3, -0.25) is 4.79 Å². The average Bonchev–Trinajstić information content (AvgIpc) is 2.74. The first-order valence-corrected chi connectivity index (χ1v) is 9.04. The SMILES string of the molecule is O=C(O)c1cccc(N(S)C(=O)Nc2ccc(NC(=O)c3ccccc3F)cc2)c1. The molecule has 9 heteroatoms. The molecule has 0 saturated carbocycles. The first-order chi connectivity index (χ1) is 14.3. The molecular formula is C21H16FN3O4S. The summed E-state index contributed by atoms with van der Waals surface area (Å²) in [5, 5.41) is 14.2. The minimum absolute atomic E-state index is 0.0225. The van der Waals surface area contributed by atoms with Crippen molar-refractivity contribution in [2.45, 2.75) is 0 Å². The van der Waals surface area contributed by atoms with E-state index in [0.29, 0.717) is 11.4 Å². The van der Waals surface area contributed by atoms with Gasteiger partial charge in [-0.25, -0.2) is 18.3 Å². The van der Waals surface area contributed by atoms with Crippen molar-refractivity contribution >= 4 is 47.8 Å². The van der Waals surface area contributed by atoms with Crippen molar-refractivity contribution in [2.24, 2.45) is 0 Å². The Hall–Kier alpha value is -3.85. The molecule has 0 bridgehead atoms. The molecule has 0 spiro atoms. The van der Waals surface area contributed by atoms with E-state index in [4.69, 9.17) is 5.11 Å². The zero-order valence-corrected chi connectivity index (χ0v) is 16.3. The van der Waals surface area contributed by atoms with Crippen LogP contribution in [0.4, 0.5) is 26.2 Å². The van der Waals surface area contributed by atoms with Gasteiger partial charge in [0, 0.05) is 11.4 Å². The molecule has 7 nitrogen and oxygen atoms in total. The molecule has 0 atom stereocenters. The standard InChI is InChI=1S/C21H16FN3O4S/c22-18-7-2-1-6-17(18)19(26)23-14-8-10-15(11-9-14)24-21(29)25(30)16-5-3-4-13(12-16)20(27)28/h1-12,30H,(H,23,26)(H,24,29)(H,27,28). The van der Waals surface area contributed by atoms with E-state index in [1.165, 1.54) is 36.4 Å². The predicted molar refractivity (Wildman–Crippen MR) is 115 cm³/mol. The Morgan fingerprint density at radius 3 is 2.13 bits per heavy atom. The lowest BCUT2D eigenvalue weighted by atomic mass is 10.2. The van der Waals surface area contributed by atoms with Crippen molar-refractivity contribution in [1.82, 2.24) is 0 Å². The minimum atomic E-state index is -1.12. The van der Waals surface area contributed by atoms with Crippen LogP contribution < -0.4 is 14.9 Å². The van der Waals surface area contributed by atoms with E-state index in [-0.39, 0.29) is 16.8 Å². The van der Waals surface area contributed by atoms with Gasteiger partial charge >= 0.3 is 12.0 Å². The number of carbonyl (C=O) groups excluding carboxylic acids is 2. The number of hydrogen-bond donors (Lipinski definition) is 4. The zero-order chi connectivity index (χ0) is 21.7. The summed E-state index contributed by atoms with van der Waals surface area (Å²) in [6.45, 7) is 0. The second-order valence-electron chi connectivity index (χ2n) is 6.11. The molecule has 3 aromatic rings. The van der Waals surface area contributed by atoms with Crippen molar-refractivity contribution in [1.29, 1.82) is 0 Å². The van der Waals surface area contributed by atoms with Crippen LogP contribution in [0.2, 0.25) is 0 Å². The third-order valence-electron chi connectivity index (χ3n) is 4.04. The summed E-state index contributed by atoms with van der Waals surface area (Å²) >= 11 is 4.11. The first kappa shape index (κ1) is 20.9. The first-order valence-electron chi connectivity index (χ1n) is 8.64. The number of benzene rings is 3. The highest BCUT2D eigenvalue weighted by Crippen LogP contribution is 2.21. The zero-order valence-electron chi connectivity index (χ0n) is 15.4. The Morgan fingerprint density at radius 2 is 1.50 bits per heavy atom. The second kappa shape index (κ2) is 9.10. The maximum absolute atomic E-state index is 13.7. The normalized spacial score (nSPS) is 10.2. The molecule has 0 aliphatic carbocycles. The molecule has 0 unspecified atom stereocenters. The van der Waals surface area contributed by atoms with E-state index in [2.05, 4.69) is 23.4 Å². The number of amides is 3. The highest BCUT2D eigenvalue weighted by molar-refractivity contribution is 7.82. The molecule has 0 heterocycles. The Balaban J connectivity index is 1.64. The number of rotatable bonds is 5. The average molecular weight is 425 g/mol. The highest BCUT2D eigenvalue weighted by Gasteiger charge is 2.15. The Morgan fingerprint density at radius 1 is 0.867 bits per heavy atom.